The summed E-state index contributed by atoms with van der Waals surface area (Å²) in [4.78, 5) is 37.9. The van der Waals surface area contributed by atoms with Gasteiger partial charge in [-0.25, -0.2) is 30.6 Å². The number of nitrogens with two attached hydrogens (primary N) is 5. The number of hydrogen-bond donors (Lipinski definition) is 19. The summed E-state index contributed by atoms with van der Waals surface area (Å²) in [6, 6.07) is 8.98. The van der Waals surface area contributed by atoms with E-state index in [2.05, 4.69) is 253 Å². The van der Waals surface area contributed by atoms with E-state index in [-0.39, 0.29) is 5.95 Å². The molecule has 15 heterocycles. The van der Waals surface area contributed by atoms with Crippen LogP contribution in [0.15, 0.2) is 235 Å². The number of rotatable bonds is 25. The number of aromatic amines is 6. The van der Waals surface area contributed by atoms with Crippen molar-refractivity contribution in [2.45, 2.75) is 32.1 Å². The van der Waals surface area contributed by atoms with Crippen LogP contribution in [0.2, 0.25) is 0 Å². The van der Waals surface area contributed by atoms with Gasteiger partial charge in [-0.3, -0.25) is 18.3 Å². The molecular weight excluding hydrogens is 1750 g/mol. The Kier molecular flexibility index (Phi) is 34.9. The molecule has 0 atom stereocenters. The summed E-state index contributed by atoms with van der Waals surface area (Å²) in [6.45, 7) is 0. The highest BCUT2D eigenvalue weighted by atomic mass is 16.3. The van der Waals surface area contributed by atoms with Gasteiger partial charge in [-0.1, -0.05) is 60.8 Å². The third-order valence-electron chi connectivity index (χ3n) is 19.0. The molecule has 24 N–H and O–H groups in total. The maximum Gasteiger partial charge on any atom is 0.250 e. The van der Waals surface area contributed by atoms with Gasteiger partial charge in [0.1, 0.15) is 31.3 Å². The van der Waals surface area contributed by atoms with E-state index < -0.39 is 0 Å². The zero-order chi connectivity index (χ0) is 97.0. The van der Waals surface area contributed by atoms with Crippen molar-refractivity contribution in [3.05, 3.63) is 213 Å². The molecule has 0 aliphatic heterocycles. The SMILES string of the molecule is CN(C)c1n[nH]c(NC2=CCC=C2)n1.CN(C)c1nnc(NC2=CCC=C2)n1C.CN(C1=CCC=C1)c1nnc(N)n1C.CN(c1ccoc1)c1n[nH]c(N)n1.CN(c1ccoc1)c1nnc(N)n1C.CNc1n[nH]c(Nc2ccoc2)n1.CNc1nc(N(C)C2=CCC=C2)n[nH]1.CNc1nc(N(C)C2=CCC=C2)n[nH]1.Cn1c(N)nnc1Nc1ccoc1.Nc1nc(Nc2ccoc2)n[nH]1. The monoisotopic (exact) mass is 1870 g/mol. The first-order valence-electron chi connectivity index (χ1n) is 41.5. The van der Waals surface area contributed by atoms with Crippen molar-refractivity contribution < 1.29 is 22.1 Å². The Morgan fingerprint density at radius 2 is 0.713 bits per heavy atom. The van der Waals surface area contributed by atoms with Crippen LogP contribution in [-0.4, -0.2) is 235 Å². The minimum Gasteiger partial charge on any atom is -0.470 e. The second kappa shape index (κ2) is 48.6. The number of H-pyrrole nitrogens is 6. The molecule has 55 nitrogen and oxygen atoms in total. The zero-order valence-electron chi connectivity index (χ0n) is 77.6. The maximum atomic E-state index is 5.60. The summed E-state index contributed by atoms with van der Waals surface area (Å²) < 4.78 is 31.5. The Morgan fingerprint density at radius 3 is 1.12 bits per heavy atom. The van der Waals surface area contributed by atoms with Gasteiger partial charge >= 0.3 is 0 Å². The van der Waals surface area contributed by atoms with Crippen LogP contribution in [0.1, 0.15) is 32.1 Å². The van der Waals surface area contributed by atoms with Gasteiger partial charge in [-0.15, -0.1) is 71.4 Å². The summed E-state index contributed by atoms with van der Waals surface area (Å²) in [5, 5.41) is 95.0. The van der Waals surface area contributed by atoms with Crippen LogP contribution in [0.5, 0.6) is 0 Å². The van der Waals surface area contributed by atoms with Gasteiger partial charge in [0.2, 0.25) is 101 Å². The Balaban J connectivity index is 0.000000145. The second-order valence-corrected chi connectivity index (χ2v) is 29.0. The molecule has 0 radical (unpaired) electrons. The molecule has 55 heteroatoms. The summed E-state index contributed by atoms with van der Waals surface area (Å²) in [7, 11) is 30.0. The first-order valence-corrected chi connectivity index (χ1v) is 41.5. The molecule has 0 unspecified atom stereocenters. The molecule has 0 saturated heterocycles. The number of anilines is 25. The lowest BCUT2D eigenvalue weighted by Crippen LogP contribution is -2.18. The molecule has 15 aromatic heterocycles. The van der Waals surface area contributed by atoms with Crippen molar-refractivity contribution in [1.29, 1.82) is 0 Å². The lowest BCUT2D eigenvalue weighted by molar-refractivity contribution is 0.567. The van der Waals surface area contributed by atoms with Gasteiger partial charge in [0, 0.05) is 153 Å². The topological polar surface area (TPSA) is 687 Å². The predicted octanol–water partition coefficient (Wildman–Crippen LogP) is 9.34. The average molecular weight is 1870 g/mol. The number of hydrogen-bond acceptors (Lipinski definition) is 45. The highest BCUT2D eigenvalue weighted by Gasteiger charge is 2.19. The molecule has 0 saturated carbocycles. The molecule has 0 aromatic carbocycles. The molecule has 136 heavy (non-hydrogen) atoms. The van der Waals surface area contributed by atoms with E-state index >= 15 is 0 Å². The van der Waals surface area contributed by atoms with Crippen LogP contribution in [0.25, 0.3) is 0 Å². The summed E-state index contributed by atoms with van der Waals surface area (Å²) in [5.41, 5.74) is 37.1. The van der Waals surface area contributed by atoms with E-state index in [0.29, 0.717) is 95.2 Å². The summed E-state index contributed by atoms with van der Waals surface area (Å²) in [5.74, 6) is 11.5. The summed E-state index contributed by atoms with van der Waals surface area (Å²) >= 11 is 0. The standard InChI is InChI=1S/C10H15N5.4C9H13N5.C8H11N5O.3C7H9N5O.C6H7N5O/c1-14(2)10-13-12-9(15(10)3)11-8-6-4-5-7-8;1-13(7-5-3-4-6-7)9-12-11-8(10)14(9)2;1-14(2)9-11-8(12-13-9)10-7-5-3-4-6-7;2*1-10-8-11-9(13-12-8)14(2)7-5-3-4-6-7;1-12(6-3-4-14-5-6)8-11-10-7(9)13(8)2;1-12(5-2-3-13-4-5)7-9-6(8)10-11-7;1-12-6(8)10-11-7(12)9-5-2-3-13-4-5;1-8-6-10-7(12-11-6)9-5-2-3-13-4-5;7-5-9-6(11-10-5)8-4-1-2-12-3-4/h4,6-7H,5H2,1-3H3,(H,11,12);3,5-6H,4H2,1-2H3,(H2,10,11);3*3,5-6H,4H2,1-2H3,(H2,10,11,12,13);3-5H,1-2H3,(H2,9,10);2-4H,1H3,(H3,8,9,10,11);2-4H,1H3,(H2,8,10)(H,9,11);2-4H,1H3,(H3,8,9,10,11,12);1-3H,(H4,7,8,9,10,11). The fraction of sp³-hybridized carbons (Fsp3) is 0.259. The number of nitrogens with zero attached hydrogens (tertiary/aromatic N) is 31. The number of aromatic nitrogens is 30. The van der Waals surface area contributed by atoms with Crippen LogP contribution in [-0.2, 0) is 28.2 Å². The molecule has 0 bridgehead atoms. The third kappa shape index (κ3) is 28.1. The Hall–Kier alpha value is -18.8. The van der Waals surface area contributed by atoms with Gasteiger partial charge < -0.3 is 128 Å². The van der Waals surface area contributed by atoms with E-state index in [9.17, 15) is 0 Å². The number of nitrogen functional groups attached to an aromatic ring is 5. The highest BCUT2D eigenvalue weighted by Crippen LogP contribution is 2.27. The second-order valence-electron chi connectivity index (χ2n) is 29.0. The lowest BCUT2D eigenvalue weighted by atomic mass is 10.4. The van der Waals surface area contributed by atoms with Crippen molar-refractivity contribution in [2.24, 2.45) is 28.2 Å². The Bertz CT molecular complexity index is 6320. The number of furan rings is 5. The van der Waals surface area contributed by atoms with Gasteiger partial charge in [0.05, 0.1) is 59.8 Å². The van der Waals surface area contributed by atoms with Crippen molar-refractivity contribution in [3.8, 4) is 0 Å². The molecule has 0 spiro atoms. The molecule has 5 aliphatic carbocycles. The fourth-order valence-electron chi connectivity index (χ4n) is 11.6. The molecular formula is C81H112N50O5. The smallest absolute Gasteiger partial charge is 0.250 e. The van der Waals surface area contributed by atoms with Crippen LogP contribution in [0, 0.1) is 0 Å². The van der Waals surface area contributed by atoms with E-state index in [1.54, 1.807) is 135 Å². The predicted molar refractivity (Wildman–Crippen MR) is 523 cm³/mol. The highest BCUT2D eigenvalue weighted by molar-refractivity contribution is 5.59. The van der Waals surface area contributed by atoms with Crippen molar-refractivity contribution >= 4 is 147 Å². The average Bonchev–Trinajstić information content (AvgIpc) is 1.69. The quantitative estimate of drug-likeness (QED) is 0.0253. The first-order chi connectivity index (χ1) is 65.7. The van der Waals surface area contributed by atoms with E-state index in [1.165, 1.54) is 0 Å². The normalized spacial score (nSPS) is 12.3. The molecule has 0 fully saturated rings. The number of allylic oxidation sites excluding steroid dienone is 15. The Morgan fingerprint density at radius 1 is 0.316 bits per heavy atom. The van der Waals surface area contributed by atoms with Gasteiger partial charge in [0.25, 0.3) is 17.8 Å². The van der Waals surface area contributed by atoms with Crippen LogP contribution >= 0.6 is 0 Å². The molecule has 716 valence electrons. The van der Waals surface area contributed by atoms with Crippen LogP contribution < -0.4 is 106 Å². The third-order valence-corrected chi connectivity index (χ3v) is 19.0. The number of likely N-dealkylation sites (N-methyl/N-ethyl adjacent to an activating group) is 3. The zero-order valence-corrected chi connectivity index (χ0v) is 77.6. The van der Waals surface area contributed by atoms with Gasteiger partial charge in [-0.2, -0.15) is 29.9 Å². The Labute approximate surface area is 779 Å². The lowest BCUT2D eigenvalue weighted by Gasteiger charge is -2.17. The minimum atomic E-state index is 0.279. The fourth-order valence-corrected chi connectivity index (χ4v) is 11.6. The van der Waals surface area contributed by atoms with E-state index in [4.69, 9.17) is 50.8 Å². The first kappa shape index (κ1) is 97.8. The van der Waals surface area contributed by atoms with Crippen LogP contribution in [0.3, 0.4) is 0 Å². The number of nitrogens with one attached hydrogen (secondary N) is 14. The van der Waals surface area contributed by atoms with Gasteiger partial charge in [0.15, 0.2) is 0 Å². The van der Waals surface area contributed by atoms with Crippen molar-refractivity contribution in [3.63, 3.8) is 0 Å². The molecule has 20 rings (SSSR count). The van der Waals surface area contributed by atoms with Gasteiger partial charge in [-0.05, 0) is 80.7 Å². The molecule has 15 aromatic rings. The van der Waals surface area contributed by atoms with E-state index in [1.807, 2.05) is 136 Å². The molecule has 0 amide bonds. The molecule has 5 aliphatic rings. The minimum absolute atomic E-state index is 0.279. The van der Waals surface area contributed by atoms with Crippen molar-refractivity contribution in [2.75, 3.05) is 190 Å². The summed E-state index contributed by atoms with van der Waals surface area (Å²) in [6.07, 6.45) is 52.1. The maximum absolute atomic E-state index is 5.60. The largest absolute Gasteiger partial charge is 0.470 e. The van der Waals surface area contributed by atoms with E-state index in [0.717, 1.165) is 107 Å². The van der Waals surface area contributed by atoms with Crippen LogP contribution in [0.4, 0.5) is 147 Å². The van der Waals surface area contributed by atoms with Crippen molar-refractivity contribution in [1.82, 2.24) is 150 Å².